The lowest BCUT2D eigenvalue weighted by molar-refractivity contribution is -0.141. The summed E-state index contributed by atoms with van der Waals surface area (Å²) in [5, 5.41) is 17.3. The van der Waals surface area contributed by atoms with Crippen LogP contribution in [0.2, 0.25) is 0 Å². The number of aliphatic hydroxyl groups is 1. The number of nitrogens with two attached hydrogens (primary N) is 1. The molecular weight excluding hydrogens is 524 g/mol. The molecule has 2 unspecified atom stereocenters. The van der Waals surface area contributed by atoms with E-state index in [-0.39, 0.29) is 19.4 Å². The molecule has 0 bridgehead atoms. The van der Waals surface area contributed by atoms with Gasteiger partial charge in [0.15, 0.2) is 0 Å². The van der Waals surface area contributed by atoms with Crippen LogP contribution in [-0.2, 0) is 19.1 Å². The summed E-state index contributed by atoms with van der Waals surface area (Å²) in [5.41, 5.74) is 6.48. The smallest absolute Gasteiger partial charge is 0.408 e. The van der Waals surface area contributed by atoms with Gasteiger partial charge in [-0.25, -0.2) is 4.79 Å². The van der Waals surface area contributed by atoms with Crippen LogP contribution in [0.5, 0.6) is 0 Å². The molecule has 0 aliphatic carbocycles. The number of aliphatic hydroxyl groups excluding tert-OH is 1. The second-order valence-electron chi connectivity index (χ2n) is 10.8. The maximum atomic E-state index is 14.0. The van der Waals surface area contributed by atoms with Gasteiger partial charge in [-0.05, 0) is 62.6 Å². The number of ether oxygens (including phenoxy) is 1. The van der Waals surface area contributed by atoms with Crippen molar-refractivity contribution in [1.29, 1.82) is 0 Å². The number of primary amides is 1. The minimum Gasteiger partial charge on any atom is -0.444 e. The standard InChI is InChI=1S/C31H38N4O6/c1-20-9-11-22(12-10-20)27(28(38)33-24-14-13-21-7-5-6-8-23(21)19-24)35(17-18-36)29(39)25(15-16-26(32)37)34-30(40)41-31(2,3)4/h5-14,19,25,27,36H,15-18H2,1-4H3,(H2,32,37)(H,33,38)(H,34,40). The Morgan fingerprint density at radius 2 is 1.63 bits per heavy atom. The van der Waals surface area contributed by atoms with Gasteiger partial charge < -0.3 is 31.1 Å². The monoisotopic (exact) mass is 562 g/mol. The van der Waals surface area contributed by atoms with Crippen molar-refractivity contribution < 1.29 is 29.0 Å². The Labute approximate surface area is 239 Å². The first-order chi connectivity index (χ1) is 19.4. The van der Waals surface area contributed by atoms with Crippen LogP contribution < -0.4 is 16.4 Å². The minimum absolute atomic E-state index is 0.123. The molecule has 0 aromatic heterocycles. The van der Waals surface area contributed by atoms with Crippen molar-refractivity contribution in [3.63, 3.8) is 0 Å². The van der Waals surface area contributed by atoms with Gasteiger partial charge in [-0.1, -0.05) is 60.2 Å². The predicted octanol–water partition coefficient (Wildman–Crippen LogP) is 3.81. The number of carbonyl (C=O) groups is 4. The Kier molecular flexibility index (Phi) is 10.4. The number of fused-ring (bicyclic) bond motifs is 1. The van der Waals surface area contributed by atoms with Crippen molar-refractivity contribution in [3.05, 3.63) is 77.9 Å². The average Bonchev–Trinajstić information content (AvgIpc) is 2.90. The van der Waals surface area contributed by atoms with Gasteiger partial charge in [0, 0.05) is 18.7 Å². The Hall–Kier alpha value is -4.44. The number of hydrogen-bond donors (Lipinski definition) is 4. The summed E-state index contributed by atoms with van der Waals surface area (Å²) in [6.45, 7) is 6.26. The zero-order valence-electron chi connectivity index (χ0n) is 23.8. The number of nitrogens with zero attached hydrogens (tertiary/aromatic N) is 1. The fourth-order valence-corrected chi connectivity index (χ4v) is 4.37. The quantitative estimate of drug-likeness (QED) is 0.279. The summed E-state index contributed by atoms with van der Waals surface area (Å²) in [4.78, 5) is 53.2. The summed E-state index contributed by atoms with van der Waals surface area (Å²) < 4.78 is 5.32. The van der Waals surface area contributed by atoms with Crippen molar-refractivity contribution in [1.82, 2.24) is 10.2 Å². The van der Waals surface area contributed by atoms with Crippen molar-refractivity contribution in [2.24, 2.45) is 5.73 Å². The van der Waals surface area contributed by atoms with Gasteiger partial charge in [-0.3, -0.25) is 14.4 Å². The molecule has 3 aromatic carbocycles. The predicted molar refractivity (Wildman–Crippen MR) is 157 cm³/mol. The summed E-state index contributed by atoms with van der Waals surface area (Å²) in [6, 6.07) is 17.9. The number of hydrogen-bond acceptors (Lipinski definition) is 6. The Morgan fingerprint density at radius 1 is 0.976 bits per heavy atom. The fourth-order valence-electron chi connectivity index (χ4n) is 4.37. The molecule has 3 rings (SSSR count). The van der Waals surface area contributed by atoms with Gasteiger partial charge in [-0.15, -0.1) is 0 Å². The van der Waals surface area contributed by atoms with Crippen LogP contribution >= 0.6 is 0 Å². The zero-order valence-corrected chi connectivity index (χ0v) is 23.8. The Morgan fingerprint density at radius 3 is 2.24 bits per heavy atom. The van der Waals surface area contributed by atoms with E-state index in [0.29, 0.717) is 11.3 Å². The van der Waals surface area contributed by atoms with Crippen LogP contribution in [0.15, 0.2) is 66.7 Å². The Bertz CT molecular complexity index is 1380. The minimum atomic E-state index is -1.25. The number of rotatable bonds is 11. The van der Waals surface area contributed by atoms with Crippen LogP contribution in [0, 0.1) is 6.92 Å². The van der Waals surface area contributed by atoms with E-state index in [9.17, 15) is 24.3 Å². The first-order valence-electron chi connectivity index (χ1n) is 13.4. The maximum Gasteiger partial charge on any atom is 0.408 e. The highest BCUT2D eigenvalue weighted by Gasteiger charge is 2.36. The zero-order chi connectivity index (χ0) is 30.2. The van der Waals surface area contributed by atoms with Crippen LogP contribution in [-0.4, -0.2) is 58.6 Å². The lowest BCUT2D eigenvalue weighted by atomic mass is 10.00. The molecule has 10 heteroatoms. The number of amides is 4. The summed E-state index contributed by atoms with van der Waals surface area (Å²) in [7, 11) is 0. The third kappa shape index (κ3) is 9.04. The van der Waals surface area contributed by atoms with Crippen LogP contribution in [0.4, 0.5) is 10.5 Å². The molecule has 0 aliphatic heterocycles. The second-order valence-corrected chi connectivity index (χ2v) is 10.8. The molecule has 41 heavy (non-hydrogen) atoms. The molecule has 2 atom stereocenters. The van der Waals surface area contributed by atoms with E-state index in [4.69, 9.17) is 10.5 Å². The normalized spacial score (nSPS) is 12.7. The molecule has 0 saturated heterocycles. The van der Waals surface area contributed by atoms with E-state index >= 15 is 0 Å². The van der Waals surface area contributed by atoms with Gasteiger partial charge in [0.1, 0.15) is 17.7 Å². The first-order valence-corrected chi connectivity index (χ1v) is 13.4. The molecule has 0 fully saturated rings. The molecule has 10 nitrogen and oxygen atoms in total. The van der Waals surface area contributed by atoms with E-state index in [1.54, 1.807) is 39.0 Å². The van der Waals surface area contributed by atoms with Crippen molar-refractivity contribution in [3.8, 4) is 0 Å². The van der Waals surface area contributed by atoms with E-state index in [0.717, 1.165) is 16.3 Å². The molecule has 5 N–H and O–H groups in total. The molecule has 0 aliphatic rings. The van der Waals surface area contributed by atoms with Crippen LogP contribution in [0.1, 0.15) is 50.8 Å². The molecule has 0 spiro atoms. The average molecular weight is 563 g/mol. The number of anilines is 1. The third-order valence-electron chi connectivity index (χ3n) is 6.26. The van der Waals surface area contributed by atoms with Gasteiger partial charge in [0.2, 0.25) is 11.8 Å². The molecule has 0 radical (unpaired) electrons. The lowest BCUT2D eigenvalue weighted by Gasteiger charge is -2.34. The van der Waals surface area contributed by atoms with Crippen molar-refractivity contribution >= 4 is 40.3 Å². The van der Waals surface area contributed by atoms with E-state index in [1.165, 1.54) is 4.90 Å². The van der Waals surface area contributed by atoms with Crippen LogP contribution in [0.25, 0.3) is 10.8 Å². The largest absolute Gasteiger partial charge is 0.444 e. The number of alkyl carbamates (subject to hydrolysis) is 1. The topological polar surface area (TPSA) is 151 Å². The van der Waals surface area contributed by atoms with E-state index in [2.05, 4.69) is 10.6 Å². The number of aryl methyl sites for hydroxylation is 1. The molecule has 218 valence electrons. The number of benzene rings is 3. The molecule has 3 aromatic rings. The summed E-state index contributed by atoms with van der Waals surface area (Å²) >= 11 is 0. The summed E-state index contributed by atoms with van der Waals surface area (Å²) in [5.74, 6) is -1.85. The highest BCUT2D eigenvalue weighted by atomic mass is 16.6. The van der Waals surface area contributed by atoms with E-state index < -0.39 is 48.1 Å². The highest BCUT2D eigenvalue weighted by Crippen LogP contribution is 2.26. The number of carbonyl (C=O) groups excluding carboxylic acids is 4. The Balaban J connectivity index is 1.99. The van der Waals surface area contributed by atoms with Crippen molar-refractivity contribution in [2.45, 2.75) is 58.2 Å². The first kappa shape index (κ1) is 31.1. The van der Waals surface area contributed by atoms with Gasteiger partial charge in [0.05, 0.1) is 6.61 Å². The second kappa shape index (κ2) is 13.8. The molecule has 4 amide bonds. The lowest BCUT2D eigenvalue weighted by Crippen LogP contribution is -2.53. The van der Waals surface area contributed by atoms with Crippen molar-refractivity contribution in [2.75, 3.05) is 18.5 Å². The molecule has 0 saturated carbocycles. The van der Waals surface area contributed by atoms with Gasteiger partial charge in [-0.2, -0.15) is 0 Å². The van der Waals surface area contributed by atoms with Crippen LogP contribution in [0.3, 0.4) is 0 Å². The fraction of sp³-hybridized carbons (Fsp3) is 0.355. The molecular formula is C31H38N4O6. The third-order valence-corrected chi connectivity index (χ3v) is 6.26. The SMILES string of the molecule is Cc1ccc(C(C(=O)Nc2ccc3ccccc3c2)N(CCO)C(=O)C(CCC(N)=O)NC(=O)OC(C)(C)C)cc1. The van der Waals surface area contributed by atoms with Gasteiger partial charge >= 0.3 is 6.09 Å². The van der Waals surface area contributed by atoms with E-state index in [1.807, 2.05) is 55.5 Å². The summed E-state index contributed by atoms with van der Waals surface area (Å²) in [6.07, 6.45) is -1.18. The maximum absolute atomic E-state index is 14.0. The highest BCUT2D eigenvalue weighted by molar-refractivity contribution is 6.00. The number of nitrogens with one attached hydrogen (secondary N) is 2. The van der Waals surface area contributed by atoms with Gasteiger partial charge in [0.25, 0.3) is 5.91 Å². The molecule has 0 heterocycles.